The van der Waals surface area contributed by atoms with E-state index in [1.54, 1.807) is 12.1 Å². The summed E-state index contributed by atoms with van der Waals surface area (Å²) < 4.78 is 6.96. The molecule has 53 heavy (non-hydrogen) atoms. The average Bonchev–Trinajstić information content (AvgIpc) is 3.86. The third-order valence-corrected chi connectivity index (χ3v) is 31.5. The van der Waals surface area contributed by atoms with Gasteiger partial charge in [0.15, 0.2) is 0 Å². The molecule has 0 N–H and O–H groups in total. The van der Waals surface area contributed by atoms with Gasteiger partial charge in [0, 0.05) is 0 Å². The van der Waals surface area contributed by atoms with E-state index in [2.05, 4.69) is 207 Å². The fourth-order valence-corrected chi connectivity index (χ4v) is 30.6. The molecular formula is C50H61Cl2Zr. The van der Waals surface area contributed by atoms with Crippen LogP contribution in [0.25, 0.3) is 0 Å². The third kappa shape index (κ3) is 4.49. The molecule has 279 valence electrons. The first kappa shape index (κ1) is 40.6. The summed E-state index contributed by atoms with van der Waals surface area (Å²) in [6, 6.07) is 9.78. The second-order valence-corrected chi connectivity index (χ2v) is 29.2. The molecule has 1 aromatic rings. The molecule has 0 saturated heterocycles. The Morgan fingerprint density at radius 2 is 1.11 bits per heavy atom. The van der Waals surface area contributed by atoms with Crippen LogP contribution in [0, 0.1) is 43.8 Å². The van der Waals surface area contributed by atoms with Gasteiger partial charge in [0.05, 0.1) is 0 Å². The van der Waals surface area contributed by atoms with Crippen molar-refractivity contribution < 1.29 is 44.6 Å². The molecule has 0 heterocycles. The number of rotatable bonds is 4. The van der Waals surface area contributed by atoms with Gasteiger partial charge in [-0.05, 0) is 0 Å². The smallest absolute Gasteiger partial charge is 1.00 e. The molecule has 2 fully saturated rings. The largest absolute Gasteiger partial charge is 1.00 e. The van der Waals surface area contributed by atoms with E-state index in [1.807, 2.05) is 0 Å². The summed E-state index contributed by atoms with van der Waals surface area (Å²) in [5.41, 5.74) is 3.81. The second-order valence-electron chi connectivity index (χ2n) is 19.5. The number of hydrogen-bond acceptors (Lipinski definition) is 0. The molecule has 0 nitrogen and oxygen atoms in total. The van der Waals surface area contributed by atoms with Gasteiger partial charge in [0.25, 0.3) is 0 Å². The minimum Gasteiger partial charge on any atom is -1.00 e. The van der Waals surface area contributed by atoms with E-state index < -0.39 is 19.8 Å². The topological polar surface area (TPSA) is 0 Å². The Hall–Kier alpha value is -2.05. The number of allylic oxidation sites excluding steroid dienone is 20. The summed E-state index contributed by atoms with van der Waals surface area (Å²) in [5, 5.41) is 0. The molecule has 9 atom stereocenters. The summed E-state index contributed by atoms with van der Waals surface area (Å²) in [7, 11) is 0. The molecule has 0 bridgehead atoms. The summed E-state index contributed by atoms with van der Waals surface area (Å²) in [6.07, 6.45) is 44.9. The molecule has 0 spiro atoms. The van der Waals surface area contributed by atoms with Gasteiger partial charge in [-0.15, -0.1) is 0 Å². The molecule has 7 aliphatic rings. The Morgan fingerprint density at radius 3 is 1.60 bits per heavy atom. The van der Waals surface area contributed by atoms with Gasteiger partial charge in [-0.1, -0.05) is 0 Å². The fourth-order valence-electron chi connectivity index (χ4n) is 14.2. The zero-order valence-electron chi connectivity index (χ0n) is 34.0. The standard InChI is InChI=1S/C29H37.C11H14.2C5H5.2ClH.Zr/c1-21-14-13-15-22-20-27(6)25(4)18-10-9-16-23(25,2)24(3)17-11-12-19-26(24,5)29(27,8)28(21,22)7;1-9-5-7-10(8-6-9)11(2,3)4;2*1-2-4-5-3-1;;;/h9-20,22H,1-8H3;1,5-8H,2-4H3;2*1-3H,4H2;2*1H;/q;;;;;;+2/p-2. The van der Waals surface area contributed by atoms with E-state index in [0.717, 1.165) is 12.8 Å². The van der Waals surface area contributed by atoms with Gasteiger partial charge in [-0.25, -0.2) is 0 Å². The first-order chi connectivity index (χ1) is 23.9. The molecule has 0 aromatic heterocycles. The van der Waals surface area contributed by atoms with Crippen molar-refractivity contribution in [1.82, 2.24) is 0 Å². The van der Waals surface area contributed by atoms with E-state index in [9.17, 15) is 0 Å². The van der Waals surface area contributed by atoms with Gasteiger partial charge in [-0.3, -0.25) is 0 Å². The maximum Gasteiger partial charge on any atom is -1.00 e. The number of fused-ring (bicyclic) bond motifs is 8. The summed E-state index contributed by atoms with van der Waals surface area (Å²) in [6.45, 7) is 28.5. The maximum absolute atomic E-state index is 3.91. The summed E-state index contributed by atoms with van der Waals surface area (Å²) in [4.78, 5) is 0. The molecule has 9 unspecified atom stereocenters. The Bertz CT molecular complexity index is 2040. The third-order valence-electron chi connectivity index (χ3n) is 17.8. The fraction of sp³-hybridized carbons (Fsp3) is 0.460. The van der Waals surface area contributed by atoms with E-state index in [-0.39, 0.29) is 68.1 Å². The zero-order valence-corrected chi connectivity index (χ0v) is 38.0. The van der Waals surface area contributed by atoms with Crippen molar-refractivity contribution in [3.8, 4) is 0 Å². The van der Waals surface area contributed by atoms with Crippen LogP contribution in [0.15, 0.2) is 140 Å². The van der Waals surface area contributed by atoms with E-state index in [0.29, 0.717) is 9.54 Å². The molecule has 0 amide bonds. The SMILES string of the molecule is CC1=CC=CC2[CH]([Zr+2](=[CH]c3ccc(C(C)(C)C)cc3)([C]3=CC=CC3)[C]3=CC=CC3)C3(C)C4(C)C=CC=CC4(C)C4(C)C=CC=CC4(C)C3(C)C12C.[Cl-].[Cl-]. The second kappa shape index (κ2) is 12.7. The van der Waals surface area contributed by atoms with Crippen LogP contribution in [0.5, 0.6) is 0 Å². The van der Waals surface area contributed by atoms with Crippen LogP contribution < -0.4 is 24.8 Å². The Labute approximate surface area is 338 Å². The Balaban J connectivity index is 0.00000240. The molecule has 7 aliphatic carbocycles. The van der Waals surface area contributed by atoms with Crippen LogP contribution in [0.4, 0.5) is 0 Å². The van der Waals surface area contributed by atoms with Crippen molar-refractivity contribution in [2.24, 2.45) is 43.8 Å². The molecule has 1 aromatic carbocycles. The van der Waals surface area contributed by atoms with Crippen LogP contribution in [0.1, 0.15) is 100 Å². The molecule has 0 radical (unpaired) electrons. The quantitative estimate of drug-likeness (QED) is 0.301. The van der Waals surface area contributed by atoms with Crippen molar-refractivity contribution in [3.63, 3.8) is 0 Å². The summed E-state index contributed by atoms with van der Waals surface area (Å²) >= 11 is -3.91. The Kier molecular flexibility index (Phi) is 9.76. The molecule has 8 rings (SSSR count). The minimum atomic E-state index is -3.91. The van der Waals surface area contributed by atoms with E-state index >= 15 is 0 Å². The first-order valence-electron chi connectivity index (χ1n) is 19.7. The van der Waals surface area contributed by atoms with Gasteiger partial charge in [0.1, 0.15) is 0 Å². The maximum atomic E-state index is 2.97. The van der Waals surface area contributed by atoms with Crippen LogP contribution in [0.3, 0.4) is 0 Å². The monoisotopic (exact) mass is 821 g/mol. The van der Waals surface area contributed by atoms with Crippen LogP contribution in [-0.2, 0) is 25.2 Å². The summed E-state index contributed by atoms with van der Waals surface area (Å²) in [5.74, 6) is 0.403. The van der Waals surface area contributed by atoms with Gasteiger partial charge in [0.2, 0.25) is 0 Å². The molecular weight excluding hydrogens is 763 g/mol. The van der Waals surface area contributed by atoms with Gasteiger partial charge >= 0.3 is 316 Å². The average molecular weight is 824 g/mol. The normalized spacial score (nSPS) is 41.1. The molecule has 0 aliphatic heterocycles. The van der Waals surface area contributed by atoms with E-state index in [4.69, 9.17) is 0 Å². The minimum absolute atomic E-state index is 0. The number of benzene rings is 1. The predicted molar refractivity (Wildman–Crippen MR) is 217 cm³/mol. The van der Waals surface area contributed by atoms with Crippen LogP contribution >= 0.6 is 0 Å². The number of hydrogen-bond donors (Lipinski definition) is 0. The van der Waals surface area contributed by atoms with Crippen LogP contribution in [-0.4, -0.2) is 3.71 Å². The first-order valence-corrected chi connectivity index (χ1v) is 25.0. The van der Waals surface area contributed by atoms with Crippen molar-refractivity contribution in [2.75, 3.05) is 0 Å². The molecule has 3 heteroatoms. The van der Waals surface area contributed by atoms with Crippen LogP contribution in [0.2, 0.25) is 3.63 Å². The van der Waals surface area contributed by atoms with Crippen molar-refractivity contribution in [2.45, 2.75) is 98.0 Å². The van der Waals surface area contributed by atoms with Gasteiger partial charge in [-0.2, -0.15) is 0 Å². The Morgan fingerprint density at radius 1 is 0.623 bits per heavy atom. The zero-order chi connectivity index (χ0) is 36.5. The van der Waals surface area contributed by atoms with Crippen molar-refractivity contribution >= 4 is 3.71 Å². The van der Waals surface area contributed by atoms with Crippen molar-refractivity contribution in [3.05, 3.63) is 151 Å². The van der Waals surface area contributed by atoms with E-state index in [1.165, 1.54) is 11.1 Å². The number of halogens is 2. The van der Waals surface area contributed by atoms with Crippen molar-refractivity contribution in [1.29, 1.82) is 0 Å². The van der Waals surface area contributed by atoms with Gasteiger partial charge < -0.3 is 24.8 Å². The predicted octanol–water partition coefficient (Wildman–Crippen LogP) is 7.23. The molecule has 2 saturated carbocycles.